The van der Waals surface area contributed by atoms with E-state index in [4.69, 9.17) is 11.6 Å². The largest absolute Gasteiger partial charge is 0.382 e. The van der Waals surface area contributed by atoms with Gasteiger partial charge in [-0.3, -0.25) is 9.69 Å². The lowest BCUT2D eigenvalue weighted by Crippen LogP contribution is -2.38. The van der Waals surface area contributed by atoms with Crippen LogP contribution in [0.5, 0.6) is 0 Å². The summed E-state index contributed by atoms with van der Waals surface area (Å²) >= 11 is 6.06. The van der Waals surface area contributed by atoms with Crippen LogP contribution in [0.3, 0.4) is 0 Å². The molecule has 1 fully saturated rings. The molecule has 4 nitrogen and oxygen atoms in total. The van der Waals surface area contributed by atoms with Gasteiger partial charge in [0.1, 0.15) is 0 Å². The molecule has 2 aliphatic heterocycles. The summed E-state index contributed by atoms with van der Waals surface area (Å²) in [5, 5.41) is 4.52. The van der Waals surface area contributed by atoms with E-state index in [-0.39, 0.29) is 5.91 Å². The number of anilines is 1. The minimum absolute atomic E-state index is 0.132. The fourth-order valence-electron chi connectivity index (χ4n) is 4.41. The number of likely N-dealkylation sites (tertiary alicyclic amines) is 1. The Labute approximate surface area is 187 Å². The number of para-hydroxylation sites is 1. The third-order valence-corrected chi connectivity index (χ3v) is 6.35. The summed E-state index contributed by atoms with van der Waals surface area (Å²) in [6.07, 6.45) is 3.87. The van der Waals surface area contributed by atoms with Crippen molar-refractivity contribution in [1.82, 2.24) is 4.90 Å². The number of hydrogen-bond acceptors (Lipinski definition) is 3. The number of fused-ring (bicyclic) bond motifs is 1. The molecule has 2 aliphatic rings. The SMILES string of the molecule is O=C1N=Cc2cc(CN3CCC(Nc4ccccc4-c4ccc(Cl)cc4)CC3)ccc21. The number of benzene rings is 3. The number of amides is 1. The maximum absolute atomic E-state index is 11.7. The van der Waals surface area contributed by atoms with Crippen LogP contribution in [0, 0.1) is 0 Å². The van der Waals surface area contributed by atoms with Crippen LogP contribution in [0.1, 0.15) is 34.3 Å². The molecule has 0 atom stereocenters. The van der Waals surface area contributed by atoms with Crippen molar-refractivity contribution < 1.29 is 4.79 Å². The van der Waals surface area contributed by atoms with Gasteiger partial charge in [0.25, 0.3) is 5.91 Å². The lowest BCUT2D eigenvalue weighted by atomic mass is 10.00. The second-order valence-corrected chi connectivity index (χ2v) is 8.67. The first kappa shape index (κ1) is 20.0. The molecule has 5 rings (SSSR count). The molecule has 1 saturated heterocycles. The number of piperidine rings is 1. The van der Waals surface area contributed by atoms with Gasteiger partial charge in [0.2, 0.25) is 0 Å². The van der Waals surface area contributed by atoms with E-state index in [2.05, 4.69) is 63.7 Å². The van der Waals surface area contributed by atoms with Crippen molar-refractivity contribution in [3.05, 3.63) is 88.4 Å². The molecule has 0 bridgehead atoms. The number of halogens is 1. The van der Waals surface area contributed by atoms with E-state index in [1.54, 1.807) is 6.21 Å². The quantitative estimate of drug-likeness (QED) is 0.569. The van der Waals surface area contributed by atoms with E-state index in [0.717, 1.165) is 43.1 Å². The number of carbonyl (C=O) groups is 1. The Morgan fingerprint density at radius 2 is 1.74 bits per heavy atom. The first-order valence-electron chi connectivity index (χ1n) is 10.7. The molecule has 31 heavy (non-hydrogen) atoms. The van der Waals surface area contributed by atoms with Crippen molar-refractivity contribution in [1.29, 1.82) is 0 Å². The molecule has 1 amide bonds. The summed E-state index contributed by atoms with van der Waals surface area (Å²) < 4.78 is 0. The van der Waals surface area contributed by atoms with E-state index in [9.17, 15) is 4.79 Å². The number of hydrogen-bond donors (Lipinski definition) is 1. The Morgan fingerprint density at radius 1 is 0.968 bits per heavy atom. The first-order chi connectivity index (χ1) is 15.2. The average molecular weight is 430 g/mol. The number of nitrogens with zero attached hydrogens (tertiary/aromatic N) is 2. The monoisotopic (exact) mass is 429 g/mol. The molecule has 3 aromatic rings. The van der Waals surface area contributed by atoms with Gasteiger partial charge in [-0.25, -0.2) is 4.99 Å². The van der Waals surface area contributed by atoms with Gasteiger partial charge in [-0.15, -0.1) is 0 Å². The Balaban J connectivity index is 1.21. The highest BCUT2D eigenvalue weighted by Crippen LogP contribution is 2.30. The van der Waals surface area contributed by atoms with E-state index >= 15 is 0 Å². The van der Waals surface area contributed by atoms with Gasteiger partial charge in [0.15, 0.2) is 0 Å². The van der Waals surface area contributed by atoms with Crippen LogP contribution in [0.15, 0.2) is 71.7 Å². The van der Waals surface area contributed by atoms with Crippen LogP contribution >= 0.6 is 11.6 Å². The Morgan fingerprint density at radius 3 is 2.55 bits per heavy atom. The second-order valence-electron chi connectivity index (χ2n) is 8.23. The van der Waals surface area contributed by atoms with E-state index < -0.39 is 0 Å². The van der Waals surface area contributed by atoms with Gasteiger partial charge < -0.3 is 5.32 Å². The average Bonchev–Trinajstić information content (AvgIpc) is 3.16. The zero-order chi connectivity index (χ0) is 21.2. The standard InChI is InChI=1S/C26H24ClN3O/c27-21-8-6-19(7-9-21)23-3-1-2-4-25(23)29-22-11-13-30(14-12-22)17-18-5-10-24-20(15-18)16-28-26(24)31/h1-10,15-16,22,29H,11-14,17H2. The smallest absolute Gasteiger partial charge is 0.277 e. The fourth-order valence-corrected chi connectivity index (χ4v) is 4.54. The van der Waals surface area contributed by atoms with Crippen molar-refractivity contribution in [3.8, 4) is 11.1 Å². The lowest BCUT2D eigenvalue weighted by Gasteiger charge is -2.33. The fraction of sp³-hybridized carbons (Fsp3) is 0.231. The van der Waals surface area contributed by atoms with Crippen LogP contribution in [-0.2, 0) is 6.54 Å². The maximum Gasteiger partial charge on any atom is 0.277 e. The second kappa shape index (κ2) is 8.66. The summed E-state index contributed by atoms with van der Waals surface area (Å²) in [5.41, 5.74) is 6.44. The molecule has 2 heterocycles. The van der Waals surface area contributed by atoms with E-state index in [0.29, 0.717) is 11.6 Å². The highest BCUT2D eigenvalue weighted by atomic mass is 35.5. The molecule has 0 radical (unpaired) electrons. The Kier molecular flexibility index (Phi) is 5.58. The van der Waals surface area contributed by atoms with Crippen LogP contribution in [0.4, 0.5) is 5.69 Å². The summed E-state index contributed by atoms with van der Waals surface area (Å²) in [6.45, 7) is 3.00. The minimum Gasteiger partial charge on any atom is -0.382 e. The normalized spacial score (nSPS) is 16.5. The molecule has 5 heteroatoms. The highest BCUT2D eigenvalue weighted by Gasteiger charge is 2.21. The van der Waals surface area contributed by atoms with Crippen molar-refractivity contribution in [2.75, 3.05) is 18.4 Å². The van der Waals surface area contributed by atoms with Gasteiger partial charge in [0.05, 0.1) is 5.56 Å². The molecule has 1 N–H and O–H groups in total. The number of rotatable bonds is 5. The van der Waals surface area contributed by atoms with Crippen LogP contribution in [0.2, 0.25) is 5.02 Å². The summed E-state index contributed by atoms with van der Waals surface area (Å²) in [4.78, 5) is 18.0. The molecular weight excluding hydrogens is 406 g/mol. The summed E-state index contributed by atoms with van der Waals surface area (Å²) in [6, 6.07) is 23.0. The molecular formula is C26H24ClN3O. The topological polar surface area (TPSA) is 44.7 Å². The van der Waals surface area contributed by atoms with Gasteiger partial charge in [-0.1, -0.05) is 48.0 Å². The van der Waals surface area contributed by atoms with Gasteiger partial charge in [-0.2, -0.15) is 0 Å². The lowest BCUT2D eigenvalue weighted by molar-refractivity contribution is 0.101. The van der Waals surface area contributed by atoms with Crippen LogP contribution in [-0.4, -0.2) is 36.2 Å². The molecule has 3 aromatic carbocycles. The molecule has 0 saturated carbocycles. The Hall–Kier alpha value is -2.95. The number of aliphatic imine (C=N–C) groups is 1. The number of nitrogens with one attached hydrogen (secondary N) is 1. The van der Waals surface area contributed by atoms with Gasteiger partial charge in [-0.05, 0) is 54.3 Å². The molecule has 156 valence electrons. The van der Waals surface area contributed by atoms with Gasteiger partial charge >= 0.3 is 0 Å². The van der Waals surface area contributed by atoms with Gasteiger partial charge in [0, 0.05) is 53.7 Å². The predicted octanol–water partition coefficient (Wildman–Crippen LogP) is 5.66. The highest BCUT2D eigenvalue weighted by molar-refractivity contribution is 6.30. The van der Waals surface area contributed by atoms with Crippen LogP contribution in [0.25, 0.3) is 11.1 Å². The maximum atomic E-state index is 11.7. The molecule has 0 aromatic heterocycles. The molecule has 0 unspecified atom stereocenters. The molecule has 0 aliphatic carbocycles. The van der Waals surface area contributed by atoms with E-state index in [1.807, 2.05) is 18.2 Å². The van der Waals surface area contributed by atoms with Crippen molar-refractivity contribution in [3.63, 3.8) is 0 Å². The third kappa shape index (κ3) is 4.41. The zero-order valence-electron chi connectivity index (χ0n) is 17.2. The summed E-state index contributed by atoms with van der Waals surface area (Å²) in [7, 11) is 0. The van der Waals surface area contributed by atoms with E-state index in [1.165, 1.54) is 22.4 Å². The minimum atomic E-state index is -0.132. The van der Waals surface area contributed by atoms with Crippen molar-refractivity contribution in [2.45, 2.75) is 25.4 Å². The zero-order valence-corrected chi connectivity index (χ0v) is 18.0. The van der Waals surface area contributed by atoms with Crippen molar-refractivity contribution in [2.24, 2.45) is 4.99 Å². The first-order valence-corrected chi connectivity index (χ1v) is 11.1. The van der Waals surface area contributed by atoms with Crippen LogP contribution < -0.4 is 5.32 Å². The third-order valence-electron chi connectivity index (χ3n) is 6.10. The van der Waals surface area contributed by atoms with Crippen molar-refractivity contribution >= 4 is 29.4 Å². The summed E-state index contributed by atoms with van der Waals surface area (Å²) in [5.74, 6) is -0.132. The molecule has 0 spiro atoms. The predicted molar refractivity (Wildman–Crippen MR) is 127 cm³/mol. The number of carbonyl (C=O) groups excluding carboxylic acids is 1. The Bertz CT molecular complexity index is 1130.